The van der Waals surface area contributed by atoms with Gasteiger partial charge in [0.25, 0.3) is 5.91 Å². The van der Waals surface area contributed by atoms with Gasteiger partial charge in [-0.2, -0.15) is 0 Å². The lowest BCUT2D eigenvalue weighted by molar-refractivity contribution is 0.0946. The van der Waals surface area contributed by atoms with Gasteiger partial charge in [0, 0.05) is 22.5 Å². The molecule has 0 spiro atoms. The van der Waals surface area contributed by atoms with Crippen LogP contribution in [0.5, 0.6) is 0 Å². The van der Waals surface area contributed by atoms with E-state index < -0.39 is 0 Å². The van der Waals surface area contributed by atoms with Crippen LogP contribution in [0.4, 0.5) is 0 Å². The number of amides is 1. The maximum atomic E-state index is 12.0. The molecule has 2 rings (SSSR count). The van der Waals surface area contributed by atoms with Crippen molar-refractivity contribution in [1.82, 2.24) is 5.32 Å². The largest absolute Gasteiger partial charge is 0.351 e. The van der Waals surface area contributed by atoms with Crippen LogP contribution in [0.3, 0.4) is 0 Å². The predicted octanol–water partition coefficient (Wildman–Crippen LogP) is 3.55. The molecule has 1 aromatic carbocycles. The summed E-state index contributed by atoms with van der Waals surface area (Å²) >= 11 is 9.43. The minimum Gasteiger partial charge on any atom is -0.351 e. The first kappa shape index (κ1) is 12.9. The van der Waals surface area contributed by atoms with E-state index in [4.69, 9.17) is 11.6 Å². The molecule has 0 aromatic heterocycles. The summed E-state index contributed by atoms with van der Waals surface area (Å²) in [4.78, 5) is 12.0. The molecule has 4 heteroatoms. The highest BCUT2D eigenvalue weighted by atomic mass is 79.9. The molecular weight excluding hydrogens is 302 g/mol. The van der Waals surface area contributed by atoms with Crippen LogP contribution in [0.1, 0.15) is 28.8 Å². The van der Waals surface area contributed by atoms with E-state index in [1.165, 1.54) is 12.8 Å². The van der Waals surface area contributed by atoms with Gasteiger partial charge in [-0.1, -0.05) is 27.5 Å². The Bertz CT molecular complexity index is 423. The van der Waals surface area contributed by atoms with Crippen LogP contribution in [0.25, 0.3) is 0 Å². The maximum absolute atomic E-state index is 12.0. The molecule has 1 N–H and O–H groups in total. The van der Waals surface area contributed by atoms with E-state index in [-0.39, 0.29) is 5.91 Å². The van der Waals surface area contributed by atoms with Crippen molar-refractivity contribution < 1.29 is 4.79 Å². The summed E-state index contributed by atoms with van der Waals surface area (Å²) in [6, 6.07) is 5.41. The van der Waals surface area contributed by atoms with Crippen molar-refractivity contribution in [2.24, 2.45) is 5.41 Å². The molecule has 0 radical (unpaired) electrons. The fourth-order valence-corrected chi connectivity index (χ4v) is 2.82. The molecule has 0 bridgehead atoms. The zero-order valence-electron chi connectivity index (χ0n) is 9.72. The van der Waals surface area contributed by atoms with Crippen LogP contribution >= 0.6 is 27.5 Å². The zero-order chi connectivity index (χ0) is 12.5. The molecule has 1 aliphatic rings. The summed E-state index contributed by atoms with van der Waals surface area (Å²) in [5, 5.41) is 4.54. The third kappa shape index (κ3) is 3.23. The molecule has 2 nitrogen and oxygen atoms in total. The standard InChI is InChI=1S/C13H15BrClNO/c1-9-4-10(6-11(15)5-9)12(17)16-8-13(7-14)2-3-13/h4-6H,2-3,7-8H2,1H3,(H,16,17). The number of halogens is 2. The number of benzene rings is 1. The van der Waals surface area contributed by atoms with Crippen molar-refractivity contribution in [2.45, 2.75) is 19.8 Å². The maximum Gasteiger partial charge on any atom is 0.251 e. The SMILES string of the molecule is Cc1cc(Cl)cc(C(=O)NCC2(CBr)CC2)c1. The highest BCUT2D eigenvalue weighted by molar-refractivity contribution is 9.09. The molecule has 0 saturated heterocycles. The summed E-state index contributed by atoms with van der Waals surface area (Å²) in [5.74, 6) is -0.0391. The monoisotopic (exact) mass is 315 g/mol. The van der Waals surface area contributed by atoms with Crippen LogP contribution in [-0.2, 0) is 0 Å². The summed E-state index contributed by atoms with van der Waals surface area (Å²) in [6.07, 6.45) is 2.38. The highest BCUT2D eigenvalue weighted by Crippen LogP contribution is 2.46. The van der Waals surface area contributed by atoms with Crippen LogP contribution in [-0.4, -0.2) is 17.8 Å². The van der Waals surface area contributed by atoms with Gasteiger partial charge in [-0.15, -0.1) is 0 Å². The Labute approximate surface area is 115 Å². The average molecular weight is 317 g/mol. The van der Waals surface area contributed by atoms with Gasteiger partial charge in [0.1, 0.15) is 0 Å². The van der Waals surface area contributed by atoms with Crippen molar-refractivity contribution in [3.8, 4) is 0 Å². The number of hydrogen-bond donors (Lipinski definition) is 1. The molecule has 1 saturated carbocycles. The van der Waals surface area contributed by atoms with Gasteiger partial charge < -0.3 is 5.32 Å². The number of hydrogen-bond acceptors (Lipinski definition) is 1. The number of nitrogens with one attached hydrogen (secondary N) is 1. The van der Waals surface area contributed by atoms with Crippen molar-refractivity contribution in [3.05, 3.63) is 34.3 Å². The van der Waals surface area contributed by atoms with Gasteiger partial charge in [-0.25, -0.2) is 0 Å². The molecule has 1 amide bonds. The lowest BCUT2D eigenvalue weighted by Crippen LogP contribution is -2.30. The zero-order valence-corrected chi connectivity index (χ0v) is 12.1. The third-order valence-electron chi connectivity index (χ3n) is 3.17. The molecule has 0 unspecified atom stereocenters. The Morgan fingerprint density at radius 1 is 1.47 bits per heavy atom. The van der Waals surface area contributed by atoms with Gasteiger partial charge in [-0.3, -0.25) is 4.79 Å². The number of aryl methyl sites for hydroxylation is 1. The second-order valence-corrected chi connectivity index (χ2v) is 5.83. The van der Waals surface area contributed by atoms with Gasteiger partial charge in [-0.05, 0) is 48.9 Å². The molecule has 17 heavy (non-hydrogen) atoms. The highest BCUT2D eigenvalue weighted by Gasteiger charge is 2.41. The first-order valence-corrected chi connectivity index (χ1v) is 7.16. The van der Waals surface area contributed by atoms with E-state index in [0.717, 1.165) is 17.4 Å². The molecule has 0 aliphatic heterocycles. The minimum absolute atomic E-state index is 0.0391. The fraction of sp³-hybridized carbons (Fsp3) is 0.462. The van der Waals surface area contributed by atoms with E-state index in [2.05, 4.69) is 21.2 Å². The molecular formula is C13H15BrClNO. The second kappa shape index (κ2) is 4.99. The number of carbonyl (C=O) groups excluding carboxylic acids is 1. The van der Waals surface area contributed by atoms with Crippen molar-refractivity contribution in [3.63, 3.8) is 0 Å². The van der Waals surface area contributed by atoms with E-state index in [0.29, 0.717) is 16.0 Å². The normalized spacial score (nSPS) is 16.6. The summed E-state index contributed by atoms with van der Waals surface area (Å²) in [6.45, 7) is 2.67. The number of rotatable bonds is 4. The van der Waals surface area contributed by atoms with Gasteiger partial charge in [0.15, 0.2) is 0 Å². The third-order valence-corrected chi connectivity index (χ3v) is 4.58. The van der Waals surface area contributed by atoms with E-state index >= 15 is 0 Å². The molecule has 92 valence electrons. The second-order valence-electron chi connectivity index (χ2n) is 4.83. The molecule has 0 heterocycles. The van der Waals surface area contributed by atoms with Crippen LogP contribution in [0.2, 0.25) is 5.02 Å². The van der Waals surface area contributed by atoms with Crippen LogP contribution < -0.4 is 5.32 Å². The fourth-order valence-electron chi connectivity index (χ4n) is 1.77. The van der Waals surface area contributed by atoms with Crippen LogP contribution in [0, 0.1) is 12.3 Å². The molecule has 1 aliphatic carbocycles. The van der Waals surface area contributed by atoms with Crippen molar-refractivity contribution in [1.29, 1.82) is 0 Å². The van der Waals surface area contributed by atoms with Crippen molar-refractivity contribution >= 4 is 33.4 Å². The Kier molecular flexibility index (Phi) is 3.79. The predicted molar refractivity (Wildman–Crippen MR) is 74.0 cm³/mol. The molecule has 1 fully saturated rings. The summed E-state index contributed by atoms with van der Waals surface area (Å²) in [7, 11) is 0. The number of carbonyl (C=O) groups is 1. The summed E-state index contributed by atoms with van der Waals surface area (Å²) in [5.41, 5.74) is 1.94. The molecule has 1 aromatic rings. The lowest BCUT2D eigenvalue weighted by Gasteiger charge is -2.13. The van der Waals surface area contributed by atoms with E-state index in [9.17, 15) is 4.79 Å². The van der Waals surface area contributed by atoms with Gasteiger partial charge in [0.05, 0.1) is 0 Å². The van der Waals surface area contributed by atoms with Gasteiger partial charge in [0.2, 0.25) is 0 Å². The lowest BCUT2D eigenvalue weighted by atomic mass is 10.1. The Morgan fingerprint density at radius 3 is 2.71 bits per heavy atom. The Morgan fingerprint density at radius 2 is 2.18 bits per heavy atom. The topological polar surface area (TPSA) is 29.1 Å². The quantitative estimate of drug-likeness (QED) is 0.846. The number of alkyl halides is 1. The molecule has 0 atom stereocenters. The average Bonchev–Trinajstić information content (AvgIpc) is 3.05. The van der Waals surface area contributed by atoms with E-state index in [1.54, 1.807) is 6.07 Å². The smallest absolute Gasteiger partial charge is 0.251 e. The van der Waals surface area contributed by atoms with E-state index in [1.807, 2.05) is 19.1 Å². The Hall–Kier alpha value is -0.540. The van der Waals surface area contributed by atoms with Gasteiger partial charge >= 0.3 is 0 Å². The first-order valence-electron chi connectivity index (χ1n) is 5.66. The minimum atomic E-state index is -0.0391. The van der Waals surface area contributed by atoms with Crippen LogP contribution in [0.15, 0.2) is 18.2 Å². The Balaban J connectivity index is 1.99. The summed E-state index contributed by atoms with van der Waals surface area (Å²) < 4.78 is 0. The first-order chi connectivity index (χ1) is 8.04. The van der Waals surface area contributed by atoms with Crippen molar-refractivity contribution in [2.75, 3.05) is 11.9 Å².